The number of rotatable bonds is 5. The van der Waals surface area contributed by atoms with E-state index >= 15 is 0 Å². The normalized spacial score (nSPS) is 11.3. The van der Waals surface area contributed by atoms with Crippen molar-refractivity contribution in [3.63, 3.8) is 0 Å². The van der Waals surface area contributed by atoms with E-state index in [4.69, 9.17) is 14.6 Å². The molecule has 7 nitrogen and oxygen atoms in total. The Kier molecular flexibility index (Phi) is 5.03. The molecule has 0 aliphatic heterocycles. The fourth-order valence-electron chi connectivity index (χ4n) is 1.82. The summed E-state index contributed by atoms with van der Waals surface area (Å²) in [6.07, 6.45) is -1.76. The standard InChI is InChI=1S/C16H15NO6/c1-10(22-11-6-3-2-4-7-11)23-16(21)17-13-9-5-8-12(14(13)18)15(19)20/h2-10,18H,1H3,(H,17,21)(H,19,20). The van der Waals surface area contributed by atoms with E-state index in [2.05, 4.69) is 5.32 Å². The van der Waals surface area contributed by atoms with Gasteiger partial charge in [0.05, 0.1) is 5.69 Å². The third-order valence-electron chi connectivity index (χ3n) is 2.82. The first-order valence-electron chi connectivity index (χ1n) is 6.72. The molecule has 0 bridgehead atoms. The van der Waals surface area contributed by atoms with Gasteiger partial charge in [-0.15, -0.1) is 0 Å². The Morgan fingerprint density at radius 3 is 2.43 bits per heavy atom. The molecule has 0 radical (unpaired) electrons. The van der Waals surface area contributed by atoms with Gasteiger partial charge in [0, 0.05) is 6.92 Å². The molecule has 23 heavy (non-hydrogen) atoms. The molecule has 7 heteroatoms. The summed E-state index contributed by atoms with van der Waals surface area (Å²) < 4.78 is 10.4. The topological polar surface area (TPSA) is 105 Å². The van der Waals surface area contributed by atoms with Gasteiger partial charge in [0.15, 0.2) is 5.75 Å². The number of anilines is 1. The van der Waals surface area contributed by atoms with E-state index in [1.807, 2.05) is 6.07 Å². The minimum Gasteiger partial charge on any atom is -0.505 e. The van der Waals surface area contributed by atoms with Gasteiger partial charge in [-0.2, -0.15) is 0 Å². The molecular weight excluding hydrogens is 302 g/mol. The average Bonchev–Trinajstić information content (AvgIpc) is 2.49. The van der Waals surface area contributed by atoms with Crippen molar-refractivity contribution in [1.82, 2.24) is 0 Å². The Morgan fingerprint density at radius 1 is 1.09 bits per heavy atom. The molecule has 0 fully saturated rings. The molecule has 1 atom stereocenters. The van der Waals surface area contributed by atoms with Gasteiger partial charge in [0.1, 0.15) is 11.3 Å². The Hall–Kier alpha value is -3.22. The molecule has 120 valence electrons. The minimum absolute atomic E-state index is 0.0678. The SMILES string of the molecule is CC(OC(=O)Nc1cccc(C(=O)O)c1O)Oc1ccccc1. The van der Waals surface area contributed by atoms with Crippen LogP contribution in [0.25, 0.3) is 0 Å². The molecule has 0 heterocycles. The number of benzene rings is 2. The van der Waals surface area contributed by atoms with Crippen LogP contribution in [0.4, 0.5) is 10.5 Å². The molecule has 2 aromatic carbocycles. The first-order chi connectivity index (χ1) is 11.0. The molecule has 0 saturated heterocycles. The van der Waals surface area contributed by atoms with E-state index in [-0.39, 0.29) is 11.3 Å². The van der Waals surface area contributed by atoms with E-state index in [1.54, 1.807) is 24.3 Å². The Bertz CT molecular complexity index is 701. The number of para-hydroxylation sites is 2. The third kappa shape index (κ3) is 4.37. The highest BCUT2D eigenvalue weighted by atomic mass is 16.7. The average molecular weight is 317 g/mol. The van der Waals surface area contributed by atoms with E-state index in [1.165, 1.54) is 25.1 Å². The number of ether oxygens (including phenoxy) is 2. The molecule has 0 aromatic heterocycles. The number of carbonyl (C=O) groups excluding carboxylic acids is 1. The van der Waals surface area contributed by atoms with Gasteiger partial charge in [0.25, 0.3) is 0 Å². The van der Waals surface area contributed by atoms with Crippen LogP contribution in [0.2, 0.25) is 0 Å². The van der Waals surface area contributed by atoms with Crippen molar-refractivity contribution in [2.75, 3.05) is 5.32 Å². The summed E-state index contributed by atoms with van der Waals surface area (Å²) in [7, 11) is 0. The predicted octanol–water partition coefficient (Wildman–Crippen LogP) is 3.06. The van der Waals surface area contributed by atoms with Crippen LogP contribution >= 0.6 is 0 Å². The van der Waals surface area contributed by atoms with E-state index in [9.17, 15) is 14.7 Å². The lowest BCUT2D eigenvalue weighted by molar-refractivity contribution is -0.0119. The highest BCUT2D eigenvalue weighted by molar-refractivity contribution is 5.96. The van der Waals surface area contributed by atoms with Crippen LogP contribution in [0.3, 0.4) is 0 Å². The maximum absolute atomic E-state index is 11.8. The number of aromatic carboxylic acids is 1. The summed E-state index contributed by atoms with van der Waals surface area (Å²) >= 11 is 0. The van der Waals surface area contributed by atoms with Gasteiger partial charge >= 0.3 is 12.1 Å². The molecule has 2 aromatic rings. The molecule has 0 aliphatic rings. The van der Waals surface area contributed by atoms with Crippen molar-refractivity contribution in [1.29, 1.82) is 0 Å². The summed E-state index contributed by atoms with van der Waals surface area (Å²) in [5.74, 6) is -1.32. The van der Waals surface area contributed by atoms with Crippen molar-refractivity contribution in [2.24, 2.45) is 0 Å². The summed E-state index contributed by atoms with van der Waals surface area (Å²) in [6.45, 7) is 1.53. The lowest BCUT2D eigenvalue weighted by Crippen LogP contribution is -2.24. The minimum atomic E-state index is -1.31. The van der Waals surface area contributed by atoms with Crippen LogP contribution in [0, 0.1) is 0 Å². The maximum Gasteiger partial charge on any atom is 0.414 e. The number of phenols is 1. The monoisotopic (exact) mass is 317 g/mol. The number of carboxylic acids is 1. The maximum atomic E-state index is 11.8. The zero-order valence-electron chi connectivity index (χ0n) is 12.2. The Balaban J connectivity index is 1.97. The van der Waals surface area contributed by atoms with Crippen LogP contribution in [-0.2, 0) is 4.74 Å². The molecule has 2 rings (SSSR count). The van der Waals surface area contributed by atoms with Crippen LogP contribution in [-0.4, -0.2) is 28.6 Å². The molecular formula is C16H15NO6. The van der Waals surface area contributed by atoms with Crippen molar-refractivity contribution in [3.8, 4) is 11.5 Å². The van der Waals surface area contributed by atoms with Crippen molar-refractivity contribution in [2.45, 2.75) is 13.2 Å². The number of carbonyl (C=O) groups is 2. The van der Waals surface area contributed by atoms with Gasteiger partial charge in [0.2, 0.25) is 6.29 Å². The fraction of sp³-hybridized carbons (Fsp3) is 0.125. The fourth-order valence-corrected chi connectivity index (χ4v) is 1.82. The van der Waals surface area contributed by atoms with Crippen molar-refractivity contribution < 1.29 is 29.3 Å². The zero-order valence-corrected chi connectivity index (χ0v) is 12.2. The summed E-state index contributed by atoms with van der Waals surface area (Å²) in [6, 6.07) is 12.8. The lowest BCUT2D eigenvalue weighted by Gasteiger charge is -2.16. The second-order valence-corrected chi connectivity index (χ2v) is 4.54. The second-order valence-electron chi connectivity index (χ2n) is 4.54. The summed E-state index contributed by atoms with van der Waals surface area (Å²) in [5, 5.41) is 21.0. The van der Waals surface area contributed by atoms with Crippen LogP contribution < -0.4 is 10.1 Å². The highest BCUT2D eigenvalue weighted by Gasteiger charge is 2.16. The number of aromatic hydroxyl groups is 1. The molecule has 0 spiro atoms. The number of carboxylic acid groups (broad SMARTS) is 1. The van der Waals surface area contributed by atoms with Crippen LogP contribution in [0.5, 0.6) is 11.5 Å². The third-order valence-corrected chi connectivity index (χ3v) is 2.82. The van der Waals surface area contributed by atoms with E-state index in [0.717, 1.165) is 0 Å². The number of hydrogen-bond acceptors (Lipinski definition) is 5. The van der Waals surface area contributed by atoms with Crippen LogP contribution in [0.1, 0.15) is 17.3 Å². The van der Waals surface area contributed by atoms with Crippen molar-refractivity contribution in [3.05, 3.63) is 54.1 Å². The Morgan fingerprint density at radius 2 is 1.78 bits per heavy atom. The quantitative estimate of drug-likeness (QED) is 0.578. The van der Waals surface area contributed by atoms with Gasteiger partial charge in [-0.25, -0.2) is 9.59 Å². The van der Waals surface area contributed by atoms with Gasteiger partial charge < -0.3 is 19.7 Å². The van der Waals surface area contributed by atoms with Gasteiger partial charge in [-0.05, 0) is 24.3 Å². The summed E-state index contributed by atoms with van der Waals surface area (Å²) in [4.78, 5) is 22.7. The number of nitrogens with one attached hydrogen (secondary N) is 1. The first kappa shape index (κ1) is 16.2. The number of amides is 1. The highest BCUT2D eigenvalue weighted by Crippen LogP contribution is 2.27. The summed E-state index contributed by atoms with van der Waals surface area (Å²) in [5.41, 5.74) is -0.391. The largest absolute Gasteiger partial charge is 0.505 e. The van der Waals surface area contributed by atoms with E-state index in [0.29, 0.717) is 5.75 Å². The lowest BCUT2D eigenvalue weighted by atomic mass is 10.2. The van der Waals surface area contributed by atoms with Crippen molar-refractivity contribution >= 4 is 17.7 Å². The number of hydrogen-bond donors (Lipinski definition) is 3. The smallest absolute Gasteiger partial charge is 0.414 e. The van der Waals surface area contributed by atoms with Crippen LogP contribution in [0.15, 0.2) is 48.5 Å². The zero-order chi connectivity index (χ0) is 16.8. The first-order valence-corrected chi connectivity index (χ1v) is 6.72. The van der Waals surface area contributed by atoms with Gasteiger partial charge in [-0.1, -0.05) is 24.3 Å². The molecule has 1 unspecified atom stereocenters. The Labute approximate surface area is 132 Å². The predicted molar refractivity (Wildman–Crippen MR) is 81.7 cm³/mol. The second kappa shape index (κ2) is 7.17. The molecule has 3 N–H and O–H groups in total. The van der Waals surface area contributed by atoms with E-state index < -0.39 is 24.1 Å². The van der Waals surface area contributed by atoms with Gasteiger partial charge in [-0.3, -0.25) is 5.32 Å². The molecule has 0 aliphatic carbocycles. The molecule has 0 saturated carbocycles. The molecule has 1 amide bonds.